The number of amides is 1. The number of nitrogens with zero attached hydrogens (tertiary/aromatic N) is 4. The van der Waals surface area contributed by atoms with Gasteiger partial charge in [-0.2, -0.15) is 0 Å². The van der Waals surface area contributed by atoms with Gasteiger partial charge in [-0.1, -0.05) is 18.2 Å². The Morgan fingerprint density at radius 3 is 2.71 bits per heavy atom. The van der Waals surface area contributed by atoms with Crippen LogP contribution >= 0.6 is 0 Å². The standard InChI is InChI=1S/C22H23N5O/c1-16-9-10-23-20(12-16)26-21-13-19(24-15-25-21)18-8-5-11-27(14-18)22(28)17-6-3-2-4-7-17/h2-4,6-7,9-10,12-13,15,18H,5,8,11,14H2,1H3,(H,23,24,25,26). The molecule has 6 nitrogen and oxygen atoms in total. The first-order valence-corrected chi connectivity index (χ1v) is 9.55. The molecule has 2 aromatic heterocycles. The Hall–Kier alpha value is -3.28. The maximum absolute atomic E-state index is 12.8. The first-order chi connectivity index (χ1) is 13.7. The lowest BCUT2D eigenvalue weighted by Crippen LogP contribution is -2.39. The number of aromatic nitrogens is 3. The van der Waals surface area contributed by atoms with Crippen molar-refractivity contribution >= 4 is 17.5 Å². The third-order valence-electron chi connectivity index (χ3n) is 5.01. The molecule has 142 valence electrons. The minimum absolute atomic E-state index is 0.0849. The zero-order valence-corrected chi connectivity index (χ0v) is 15.9. The summed E-state index contributed by atoms with van der Waals surface area (Å²) < 4.78 is 0. The second-order valence-electron chi connectivity index (χ2n) is 7.13. The van der Waals surface area contributed by atoms with Crippen molar-refractivity contribution in [3.63, 3.8) is 0 Å². The Bertz CT molecular complexity index is 960. The summed E-state index contributed by atoms with van der Waals surface area (Å²) in [6, 6.07) is 15.4. The minimum Gasteiger partial charge on any atom is -0.338 e. The zero-order chi connectivity index (χ0) is 19.3. The van der Waals surface area contributed by atoms with Crippen molar-refractivity contribution in [3.05, 3.63) is 77.9 Å². The van der Waals surface area contributed by atoms with Crippen LogP contribution in [-0.2, 0) is 0 Å². The van der Waals surface area contributed by atoms with E-state index in [1.165, 1.54) is 0 Å². The third kappa shape index (κ3) is 4.17. The first kappa shape index (κ1) is 18.1. The number of pyridine rings is 1. The molecule has 1 amide bonds. The molecule has 1 aliphatic heterocycles. The second-order valence-corrected chi connectivity index (χ2v) is 7.13. The van der Waals surface area contributed by atoms with E-state index in [4.69, 9.17) is 0 Å². The Kier molecular flexibility index (Phi) is 5.28. The van der Waals surface area contributed by atoms with Crippen LogP contribution in [-0.4, -0.2) is 38.8 Å². The molecule has 0 bridgehead atoms. The van der Waals surface area contributed by atoms with Gasteiger partial charge in [0.25, 0.3) is 5.91 Å². The van der Waals surface area contributed by atoms with Crippen LogP contribution < -0.4 is 5.32 Å². The number of carbonyl (C=O) groups excluding carboxylic acids is 1. The molecular formula is C22H23N5O. The van der Waals surface area contributed by atoms with Crippen LogP contribution in [0.3, 0.4) is 0 Å². The van der Waals surface area contributed by atoms with E-state index in [2.05, 4.69) is 20.3 Å². The molecular weight excluding hydrogens is 350 g/mol. The molecule has 1 N–H and O–H groups in total. The number of nitrogens with one attached hydrogen (secondary N) is 1. The molecule has 1 aliphatic rings. The number of hydrogen-bond acceptors (Lipinski definition) is 5. The van der Waals surface area contributed by atoms with E-state index in [-0.39, 0.29) is 11.8 Å². The quantitative estimate of drug-likeness (QED) is 0.750. The predicted octanol–water partition coefficient (Wildman–Crippen LogP) is 3.94. The van der Waals surface area contributed by atoms with E-state index in [0.29, 0.717) is 6.54 Å². The van der Waals surface area contributed by atoms with E-state index in [1.807, 2.05) is 60.4 Å². The van der Waals surface area contributed by atoms with Crippen molar-refractivity contribution < 1.29 is 4.79 Å². The van der Waals surface area contributed by atoms with Crippen LogP contribution in [0.4, 0.5) is 11.6 Å². The molecule has 28 heavy (non-hydrogen) atoms. The van der Waals surface area contributed by atoms with Crippen molar-refractivity contribution in [1.29, 1.82) is 0 Å². The molecule has 1 saturated heterocycles. The van der Waals surface area contributed by atoms with Gasteiger partial charge in [0, 0.05) is 36.8 Å². The number of benzene rings is 1. The Labute approximate surface area is 164 Å². The van der Waals surface area contributed by atoms with E-state index in [9.17, 15) is 4.79 Å². The van der Waals surface area contributed by atoms with Gasteiger partial charge in [0.15, 0.2) is 0 Å². The monoisotopic (exact) mass is 373 g/mol. The van der Waals surface area contributed by atoms with Gasteiger partial charge in [-0.15, -0.1) is 0 Å². The molecule has 1 fully saturated rings. The van der Waals surface area contributed by atoms with Gasteiger partial charge in [0.1, 0.15) is 18.0 Å². The normalized spacial score (nSPS) is 16.6. The average molecular weight is 373 g/mol. The summed E-state index contributed by atoms with van der Waals surface area (Å²) in [5.74, 6) is 1.76. The molecule has 0 saturated carbocycles. The number of piperidine rings is 1. The van der Waals surface area contributed by atoms with Gasteiger partial charge < -0.3 is 10.2 Å². The summed E-state index contributed by atoms with van der Waals surface area (Å²) in [6.45, 7) is 3.49. The SMILES string of the molecule is Cc1ccnc(Nc2cc(C3CCCN(C(=O)c4ccccc4)C3)ncn2)c1. The summed E-state index contributed by atoms with van der Waals surface area (Å²) in [6.07, 6.45) is 5.33. The molecule has 1 unspecified atom stereocenters. The lowest BCUT2D eigenvalue weighted by Gasteiger charge is -2.32. The van der Waals surface area contributed by atoms with E-state index >= 15 is 0 Å². The highest BCUT2D eigenvalue weighted by Crippen LogP contribution is 2.27. The molecule has 6 heteroatoms. The molecule has 1 aromatic carbocycles. The molecule has 3 aromatic rings. The van der Waals surface area contributed by atoms with Crippen molar-refractivity contribution in [2.45, 2.75) is 25.7 Å². The Balaban J connectivity index is 1.48. The number of rotatable bonds is 4. The molecule has 1 atom stereocenters. The highest BCUT2D eigenvalue weighted by Gasteiger charge is 2.26. The number of aryl methyl sites for hydroxylation is 1. The van der Waals surface area contributed by atoms with Gasteiger partial charge in [0.05, 0.1) is 5.69 Å². The Morgan fingerprint density at radius 1 is 1.07 bits per heavy atom. The first-order valence-electron chi connectivity index (χ1n) is 9.55. The molecule has 0 aliphatic carbocycles. The maximum Gasteiger partial charge on any atom is 0.253 e. The maximum atomic E-state index is 12.8. The predicted molar refractivity (Wildman–Crippen MR) is 109 cm³/mol. The average Bonchev–Trinajstić information content (AvgIpc) is 2.74. The molecule has 0 radical (unpaired) electrons. The smallest absolute Gasteiger partial charge is 0.253 e. The van der Waals surface area contributed by atoms with Crippen LogP contribution in [0.5, 0.6) is 0 Å². The van der Waals surface area contributed by atoms with Crippen molar-refractivity contribution in [3.8, 4) is 0 Å². The largest absolute Gasteiger partial charge is 0.338 e. The third-order valence-corrected chi connectivity index (χ3v) is 5.01. The van der Waals surface area contributed by atoms with Crippen molar-refractivity contribution in [2.24, 2.45) is 0 Å². The minimum atomic E-state index is 0.0849. The summed E-state index contributed by atoms with van der Waals surface area (Å²) in [5, 5.41) is 3.24. The number of carbonyl (C=O) groups is 1. The van der Waals surface area contributed by atoms with Crippen LogP contribution in [0.1, 0.15) is 40.4 Å². The van der Waals surface area contributed by atoms with E-state index in [0.717, 1.165) is 47.8 Å². The molecule has 0 spiro atoms. The highest BCUT2D eigenvalue weighted by molar-refractivity contribution is 5.94. The molecule has 4 rings (SSSR count). The van der Waals surface area contributed by atoms with Gasteiger partial charge in [0.2, 0.25) is 0 Å². The topological polar surface area (TPSA) is 71.0 Å². The fraction of sp³-hybridized carbons (Fsp3) is 0.273. The van der Waals surface area contributed by atoms with Gasteiger partial charge in [-0.25, -0.2) is 15.0 Å². The Morgan fingerprint density at radius 2 is 1.89 bits per heavy atom. The summed E-state index contributed by atoms with van der Waals surface area (Å²) in [7, 11) is 0. The van der Waals surface area contributed by atoms with Crippen LogP contribution in [0.15, 0.2) is 61.1 Å². The van der Waals surface area contributed by atoms with Crippen LogP contribution in [0.25, 0.3) is 0 Å². The van der Waals surface area contributed by atoms with E-state index in [1.54, 1.807) is 12.5 Å². The zero-order valence-electron chi connectivity index (χ0n) is 15.9. The fourth-order valence-electron chi connectivity index (χ4n) is 3.57. The summed E-state index contributed by atoms with van der Waals surface area (Å²) in [4.78, 5) is 27.8. The van der Waals surface area contributed by atoms with Crippen molar-refractivity contribution in [1.82, 2.24) is 19.9 Å². The second kappa shape index (κ2) is 8.17. The van der Waals surface area contributed by atoms with E-state index < -0.39 is 0 Å². The molecule has 3 heterocycles. The van der Waals surface area contributed by atoms with Crippen molar-refractivity contribution in [2.75, 3.05) is 18.4 Å². The van der Waals surface area contributed by atoms with Gasteiger partial charge >= 0.3 is 0 Å². The van der Waals surface area contributed by atoms with Gasteiger partial charge in [-0.05, 0) is 49.6 Å². The number of likely N-dealkylation sites (tertiary alicyclic amines) is 1. The van der Waals surface area contributed by atoms with Crippen LogP contribution in [0.2, 0.25) is 0 Å². The van der Waals surface area contributed by atoms with Crippen LogP contribution in [0, 0.1) is 6.92 Å². The summed E-state index contributed by atoms with van der Waals surface area (Å²) in [5.41, 5.74) is 2.82. The summed E-state index contributed by atoms with van der Waals surface area (Å²) >= 11 is 0. The fourth-order valence-corrected chi connectivity index (χ4v) is 3.57. The lowest BCUT2D eigenvalue weighted by atomic mass is 9.94. The highest BCUT2D eigenvalue weighted by atomic mass is 16.2. The lowest BCUT2D eigenvalue weighted by molar-refractivity contribution is 0.0706. The number of anilines is 2. The number of hydrogen-bond donors (Lipinski definition) is 1. The van der Waals surface area contributed by atoms with Gasteiger partial charge in [-0.3, -0.25) is 4.79 Å².